The van der Waals surface area contributed by atoms with Crippen LogP contribution in [0.3, 0.4) is 0 Å². The maximum absolute atomic E-state index is 12.3. The number of likely N-dealkylation sites (tertiary alicyclic amines) is 1. The Morgan fingerprint density at radius 3 is 2.54 bits per heavy atom. The first-order valence-corrected chi connectivity index (χ1v) is 8.26. The highest BCUT2D eigenvalue weighted by atomic mass is 16.5. The first-order chi connectivity index (χ1) is 11.6. The highest BCUT2D eigenvalue weighted by Crippen LogP contribution is 2.19. The molecule has 0 aliphatic carbocycles. The van der Waals surface area contributed by atoms with Crippen molar-refractivity contribution in [3.05, 3.63) is 24.3 Å². The van der Waals surface area contributed by atoms with Crippen LogP contribution in [-0.2, 0) is 14.3 Å². The third-order valence-corrected chi connectivity index (χ3v) is 4.17. The normalized spacial score (nSPS) is 17.2. The van der Waals surface area contributed by atoms with E-state index in [9.17, 15) is 9.59 Å². The molecule has 0 N–H and O–H groups in total. The Hall–Kier alpha value is -2.24. The molecule has 1 saturated heterocycles. The summed E-state index contributed by atoms with van der Waals surface area (Å²) in [7, 11) is 3.01. The average Bonchev–Trinajstić information content (AvgIpc) is 2.65. The Morgan fingerprint density at radius 1 is 1.17 bits per heavy atom. The van der Waals surface area contributed by atoms with Gasteiger partial charge in [-0.15, -0.1) is 0 Å². The predicted octanol–water partition coefficient (Wildman–Crippen LogP) is 2.27. The molecule has 1 atom stereocenters. The lowest BCUT2D eigenvalue weighted by molar-refractivity contribution is -0.149. The number of nitrogens with zero attached hydrogens (tertiary/aromatic N) is 1. The van der Waals surface area contributed by atoms with Gasteiger partial charge in [0, 0.05) is 19.5 Å². The molecule has 1 aromatic rings. The zero-order chi connectivity index (χ0) is 17.4. The maximum atomic E-state index is 12.3. The molecule has 1 aromatic carbocycles. The van der Waals surface area contributed by atoms with Gasteiger partial charge in [0.1, 0.15) is 11.5 Å². The molecule has 1 aliphatic rings. The van der Waals surface area contributed by atoms with Crippen molar-refractivity contribution in [3.8, 4) is 11.5 Å². The van der Waals surface area contributed by atoms with Gasteiger partial charge in [0.25, 0.3) is 0 Å². The minimum atomic E-state index is -0.227. The van der Waals surface area contributed by atoms with Crippen LogP contribution in [0.4, 0.5) is 0 Å². The molecule has 24 heavy (non-hydrogen) atoms. The second-order valence-electron chi connectivity index (χ2n) is 5.83. The fraction of sp³-hybridized carbons (Fsp3) is 0.556. The van der Waals surface area contributed by atoms with Gasteiger partial charge in [-0.05, 0) is 43.5 Å². The molecule has 132 valence electrons. The number of methoxy groups -OCH3 is 2. The summed E-state index contributed by atoms with van der Waals surface area (Å²) in [5.74, 6) is 1.19. The van der Waals surface area contributed by atoms with E-state index in [0.29, 0.717) is 32.5 Å². The standard InChI is InChI=1S/C18H25NO5/c1-22-15-7-9-16(10-8-15)24-12-4-6-17(20)19-11-3-5-14(13-19)18(21)23-2/h7-10,14H,3-6,11-13H2,1-2H3. The lowest BCUT2D eigenvalue weighted by atomic mass is 9.98. The van der Waals surface area contributed by atoms with Crippen molar-refractivity contribution in [2.24, 2.45) is 5.92 Å². The number of carbonyl (C=O) groups is 2. The summed E-state index contributed by atoms with van der Waals surface area (Å²) in [6, 6.07) is 7.35. The molecule has 6 heteroatoms. The third-order valence-electron chi connectivity index (χ3n) is 4.17. The largest absolute Gasteiger partial charge is 0.497 e. The summed E-state index contributed by atoms with van der Waals surface area (Å²) < 4.78 is 15.5. The zero-order valence-electron chi connectivity index (χ0n) is 14.3. The second-order valence-corrected chi connectivity index (χ2v) is 5.83. The van der Waals surface area contributed by atoms with E-state index in [1.165, 1.54) is 7.11 Å². The van der Waals surface area contributed by atoms with Crippen LogP contribution in [0.2, 0.25) is 0 Å². The van der Waals surface area contributed by atoms with Crippen molar-refractivity contribution in [3.63, 3.8) is 0 Å². The molecule has 1 amide bonds. The van der Waals surface area contributed by atoms with E-state index in [1.54, 1.807) is 12.0 Å². The van der Waals surface area contributed by atoms with E-state index in [1.807, 2.05) is 24.3 Å². The Balaban J connectivity index is 1.69. The number of amides is 1. The molecule has 1 aliphatic heterocycles. The first-order valence-electron chi connectivity index (χ1n) is 8.26. The molecule has 0 aromatic heterocycles. The first kappa shape index (κ1) is 18.1. The van der Waals surface area contributed by atoms with Gasteiger partial charge in [0.2, 0.25) is 5.91 Å². The van der Waals surface area contributed by atoms with Crippen molar-refractivity contribution in [1.82, 2.24) is 4.90 Å². The summed E-state index contributed by atoms with van der Waals surface area (Å²) in [5, 5.41) is 0. The molecule has 1 heterocycles. The minimum Gasteiger partial charge on any atom is -0.497 e. The number of rotatable bonds is 7. The number of benzene rings is 1. The lowest BCUT2D eigenvalue weighted by Crippen LogP contribution is -2.42. The molecule has 1 fully saturated rings. The topological polar surface area (TPSA) is 65.1 Å². The van der Waals surface area contributed by atoms with Crippen molar-refractivity contribution >= 4 is 11.9 Å². The van der Waals surface area contributed by atoms with Gasteiger partial charge in [-0.25, -0.2) is 0 Å². The lowest BCUT2D eigenvalue weighted by Gasteiger charge is -2.31. The Morgan fingerprint density at radius 2 is 1.88 bits per heavy atom. The van der Waals surface area contributed by atoms with Crippen LogP contribution >= 0.6 is 0 Å². The molecule has 0 radical (unpaired) electrons. The van der Waals surface area contributed by atoms with Crippen molar-refractivity contribution < 1.29 is 23.8 Å². The molecule has 6 nitrogen and oxygen atoms in total. The molecule has 0 bridgehead atoms. The van der Waals surface area contributed by atoms with Gasteiger partial charge < -0.3 is 19.1 Å². The summed E-state index contributed by atoms with van der Waals surface area (Å²) in [6.45, 7) is 1.66. The van der Waals surface area contributed by atoms with Crippen LogP contribution < -0.4 is 9.47 Å². The summed E-state index contributed by atoms with van der Waals surface area (Å²) in [5.41, 5.74) is 0. The average molecular weight is 335 g/mol. The van der Waals surface area contributed by atoms with Gasteiger partial charge in [-0.2, -0.15) is 0 Å². The number of hydrogen-bond acceptors (Lipinski definition) is 5. The molecular formula is C18H25NO5. The number of carbonyl (C=O) groups excluding carboxylic acids is 2. The van der Waals surface area contributed by atoms with E-state index in [-0.39, 0.29) is 17.8 Å². The smallest absolute Gasteiger partial charge is 0.310 e. The van der Waals surface area contributed by atoms with E-state index in [4.69, 9.17) is 14.2 Å². The summed E-state index contributed by atoms with van der Waals surface area (Å²) in [6.07, 6.45) is 2.69. The predicted molar refractivity (Wildman–Crippen MR) is 89.0 cm³/mol. The number of piperidine rings is 1. The van der Waals surface area contributed by atoms with Gasteiger partial charge in [0.05, 0.1) is 26.7 Å². The maximum Gasteiger partial charge on any atom is 0.310 e. The zero-order valence-corrected chi connectivity index (χ0v) is 14.3. The molecule has 1 unspecified atom stereocenters. The van der Waals surface area contributed by atoms with Crippen molar-refractivity contribution in [1.29, 1.82) is 0 Å². The van der Waals surface area contributed by atoms with Crippen LogP contribution in [0.1, 0.15) is 25.7 Å². The molecule has 0 spiro atoms. The van der Waals surface area contributed by atoms with Crippen molar-refractivity contribution in [2.45, 2.75) is 25.7 Å². The minimum absolute atomic E-state index is 0.0712. The van der Waals surface area contributed by atoms with E-state index in [2.05, 4.69) is 0 Å². The highest BCUT2D eigenvalue weighted by Gasteiger charge is 2.28. The van der Waals surface area contributed by atoms with Gasteiger partial charge in [0.15, 0.2) is 0 Å². The van der Waals surface area contributed by atoms with Gasteiger partial charge in [-0.3, -0.25) is 9.59 Å². The third kappa shape index (κ3) is 5.15. The summed E-state index contributed by atoms with van der Waals surface area (Å²) in [4.78, 5) is 25.6. The molecule has 0 saturated carbocycles. The number of ether oxygens (including phenoxy) is 3. The van der Waals surface area contributed by atoms with Crippen LogP contribution in [0.25, 0.3) is 0 Å². The molecule has 2 rings (SSSR count). The number of hydrogen-bond donors (Lipinski definition) is 0. The van der Waals surface area contributed by atoms with Gasteiger partial charge >= 0.3 is 5.97 Å². The Bertz CT molecular complexity index is 543. The highest BCUT2D eigenvalue weighted by molar-refractivity contribution is 5.78. The van der Waals surface area contributed by atoms with Crippen molar-refractivity contribution in [2.75, 3.05) is 33.9 Å². The Labute approximate surface area is 142 Å². The SMILES string of the molecule is COC(=O)C1CCCN(C(=O)CCCOc2ccc(OC)cc2)C1. The number of esters is 1. The quantitative estimate of drug-likeness (QED) is 0.565. The van der Waals surface area contributed by atoms with Crippen LogP contribution in [0, 0.1) is 5.92 Å². The van der Waals surface area contributed by atoms with Crippen LogP contribution in [0.15, 0.2) is 24.3 Å². The second kappa shape index (κ2) is 9.15. The molecular weight excluding hydrogens is 310 g/mol. The van der Waals surface area contributed by atoms with Crippen LogP contribution in [-0.4, -0.2) is 50.7 Å². The van der Waals surface area contributed by atoms with E-state index in [0.717, 1.165) is 24.3 Å². The fourth-order valence-corrected chi connectivity index (χ4v) is 2.81. The van der Waals surface area contributed by atoms with E-state index >= 15 is 0 Å². The van der Waals surface area contributed by atoms with Crippen LogP contribution in [0.5, 0.6) is 11.5 Å². The Kier molecular flexibility index (Phi) is 6.90. The fourth-order valence-electron chi connectivity index (χ4n) is 2.81. The summed E-state index contributed by atoms with van der Waals surface area (Å²) >= 11 is 0. The van der Waals surface area contributed by atoms with Gasteiger partial charge in [-0.1, -0.05) is 0 Å². The van der Waals surface area contributed by atoms with E-state index < -0.39 is 0 Å². The monoisotopic (exact) mass is 335 g/mol.